The Labute approximate surface area is 176 Å². The Balaban J connectivity index is 1.69. The first kappa shape index (κ1) is 21.7. The molecule has 0 amide bonds. The van der Waals surface area contributed by atoms with Gasteiger partial charge in [-0.2, -0.15) is 0 Å². The summed E-state index contributed by atoms with van der Waals surface area (Å²) in [4.78, 5) is 2.50. The molecule has 158 valence electrons. The molecule has 3 rings (SSSR count). The van der Waals surface area contributed by atoms with E-state index in [2.05, 4.69) is 73.6 Å². The normalized spacial score (nSPS) is 25.0. The lowest BCUT2D eigenvalue weighted by atomic mass is 9.63. The third kappa shape index (κ3) is 4.76. The third-order valence-electron chi connectivity index (χ3n) is 6.79. The summed E-state index contributed by atoms with van der Waals surface area (Å²) in [6.45, 7) is 7.75. The molecule has 0 radical (unpaired) electrons. The van der Waals surface area contributed by atoms with Gasteiger partial charge in [0.2, 0.25) is 0 Å². The first-order valence-corrected chi connectivity index (χ1v) is 10.7. The van der Waals surface area contributed by atoms with Crippen LogP contribution in [0.5, 0.6) is 11.5 Å². The van der Waals surface area contributed by atoms with E-state index in [1.807, 2.05) is 6.07 Å². The minimum absolute atomic E-state index is 0.220. The van der Waals surface area contributed by atoms with E-state index in [1.165, 1.54) is 17.5 Å². The quantitative estimate of drug-likeness (QED) is 0.667. The van der Waals surface area contributed by atoms with Gasteiger partial charge in [0, 0.05) is 24.5 Å². The monoisotopic (exact) mass is 396 g/mol. The van der Waals surface area contributed by atoms with Crippen molar-refractivity contribution in [2.45, 2.75) is 44.7 Å². The maximum absolute atomic E-state index is 5.43. The highest BCUT2D eigenvalue weighted by Crippen LogP contribution is 2.44. The van der Waals surface area contributed by atoms with Crippen molar-refractivity contribution >= 4 is 0 Å². The molecule has 0 aliphatic carbocycles. The summed E-state index contributed by atoms with van der Waals surface area (Å²) in [7, 11) is 5.61. The summed E-state index contributed by atoms with van der Waals surface area (Å²) >= 11 is 0. The van der Waals surface area contributed by atoms with Crippen molar-refractivity contribution in [3.8, 4) is 11.5 Å². The molecule has 1 fully saturated rings. The first-order chi connectivity index (χ1) is 14.0. The molecule has 4 nitrogen and oxygen atoms in total. The van der Waals surface area contributed by atoms with Gasteiger partial charge >= 0.3 is 0 Å². The van der Waals surface area contributed by atoms with Gasteiger partial charge in [-0.15, -0.1) is 0 Å². The van der Waals surface area contributed by atoms with Crippen molar-refractivity contribution in [3.63, 3.8) is 0 Å². The van der Waals surface area contributed by atoms with Gasteiger partial charge in [-0.3, -0.25) is 0 Å². The fourth-order valence-corrected chi connectivity index (χ4v) is 4.87. The largest absolute Gasteiger partial charge is 0.493 e. The zero-order chi connectivity index (χ0) is 20.9. The van der Waals surface area contributed by atoms with Crippen LogP contribution in [0.3, 0.4) is 0 Å². The highest BCUT2D eigenvalue weighted by molar-refractivity contribution is 5.42. The lowest BCUT2D eigenvalue weighted by molar-refractivity contribution is 0.0689. The van der Waals surface area contributed by atoms with E-state index in [1.54, 1.807) is 14.2 Å². The van der Waals surface area contributed by atoms with Gasteiger partial charge < -0.3 is 19.7 Å². The van der Waals surface area contributed by atoms with E-state index in [-0.39, 0.29) is 5.41 Å². The molecule has 1 N–H and O–H groups in total. The van der Waals surface area contributed by atoms with E-state index in [0.717, 1.165) is 37.6 Å². The zero-order valence-corrected chi connectivity index (χ0v) is 18.6. The van der Waals surface area contributed by atoms with Crippen LogP contribution in [-0.2, 0) is 12.0 Å². The summed E-state index contributed by atoms with van der Waals surface area (Å²) in [6, 6.07) is 17.9. The van der Waals surface area contributed by atoms with Gasteiger partial charge in [-0.05, 0) is 62.5 Å². The average molecular weight is 397 g/mol. The number of rotatable bonds is 8. The van der Waals surface area contributed by atoms with Crippen LogP contribution in [0.25, 0.3) is 0 Å². The maximum Gasteiger partial charge on any atom is 0.161 e. The van der Waals surface area contributed by atoms with Gasteiger partial charge in [0.1, 0.15) is 0 Å². The molecule has 0 aromatic heterocycles. The fourth-order valence-electron chi connectivity index (χ4n) is 4.87. The Bertz CT molecular complexity index is 780. The Morgan fingerprint density at radius 1 is 1.03 bits per heavy atom. The lowest BCUT2D eigenvalue weighted by Crippen LogP contribution is -2.52. The van der Waals surface area contributed by atoms with Gasteiger partial charge in [0.15, 0.2) is 11.5 Å². The number of hydrogen-bond donors (Lipinski definition) is 1. The number of methoxy groups -OCH3 is 2. The molecular weight excluding hydrogens is 360 g/mol. The summed E-state index contributed by atoms with van der Waals surface area (Å²) in [5, 5.41) is 3.67. The van der Waals surface area contributed by atoms with Crippen molar-refractivity contribution in [3.05, 3.63) is 59.7 Å². The minimum Gasteiger partial charge on any atom is -0.493 e. The molecule has 1 aliphatic rings. The number of hydrogen-bond acceptors (Lipinski definition) is 4. The predicted octanol–water partition coefficient (Wildman–Crippen LogP) is 4.48. The molecule has 0 spiro atoms. The summed E-state index contributed by atoms with van der Waals surface area (Å²) in [5.41, 5.74) is 2.92. The molecule has 1 heterocycles. The van der Waals surface area contributed by atoms with Crippen molar-refractivity contribution in [1.82, 2.24) is 10.2 Å². The minimum atomic E-state index is 0.220. The van der Waals surface area contributed by atoms with E-state index in [0.29, 0.717) is 12.0 Å². The third-order valence-corrected chi connectivity index (χ3v) is 6.79. The molecule has 29 heavy (non-hydrogen) atoms. The Morgan fingerprint density at radius 2 is 1.76 bits per heavy atom. The topological polar surface area (TPSA) is 33.7 Å². The molecule has 2 aromatic carbocycles. The number of piperidine rings is 1. The van der Waals surface area contributed by atoms with Crippen molar-refractivity contribution in [2.24, 2.45) is 5.92 Å². The highest BCUT2D eigenvalue weighted by atomic mass is 16.5. The van der Waals surface area contributed by atoms with Gasteiger partial charge in [0.25, 0.3) is 0 Å². The van der Waals surface area contributed by atoms with Crippen molar-refractivity contribution in [1.29, 1.82) is 0 Å². The van der Waals surface area contributed by atoms with Crippen LogP contribution in [0.4, 0.5) is 0 Å². The molecule has 0 saturated carbocycles. The van der Waals surface area contributed by atoms with E-state index in [4.69, 9.17) is 9.47 Å². The summed E-state index contributed by atoms with van der Waals surface area (Å²) in [6.07, 6.45) is 2.34. The first-order valence-electron chi connectivity index (χ1n) is 10.7. The second-order valence-corrected chi connectivity index (χ2v) is 8.53. The molecule has 2 aromatic rings. The van der Waals surface area contributed by atoms with Crippen LogP contribution < -0.4 is 14.8 Å². The van der Waals surface area contributed by atoms with E-state index in [9.17, 15) is 0 Å². The molecule has 4 heteroatoms. The molecule has 0 unspecified atom stereocenters. The smallest absolute Gasteiger partial charge is 0.161 e. The van der Waals surface area contributed by atoms with Crippen LogP contribution in [0.15, 0.2) is 48.5 Å². The van der Waals surface area contributed by atoms with E-state index < -0.39 is 0 Å². The van der Waals surface area contributed by atoms with Crippen LogP contribution in [0.1, 0.15) is 37.8 Å². The second-order valence-electron chi connectivity index (χ2n) is 8.53. The predicted molar refractivity (Wildman–Crippen MR) is 120 cm³/mol. The van der Waals surface area contributed by atoms with Crippen LogP contribution >= 0.6 is 0 Å². The fraction of sp³-hybridized carbons (Fsp3) is 0.520. The van der Waals surface area contributed by atoms with Gasteiger partial charge in [-0.1, -0.05) is 43.3 Å². The number of nitrogens with one attached hydrogen (secondary N) is 1. The number of benzene rings is 2. The van der Waals surface area contributed by atoms with Crippen molar-refractivity contribution in [2.75, 3.05) is 34.4 Å². The van der Waals surface area contributed by atoms with Crippen LogP contribution in [0, 0.1) is 5.92 Å². The SMILES string of the molecule is COc1ccc(CNCC[C@]2(c3ccccc3)C[C@H](C)N(C)C[C@@H]2C)cc1OC. The molecule has 1 saturated heterocycles. The maximum atomic E-state index is 5.43. The number of nitrogens with zero attached hydrogens (tertiary/aromatic N) is 1. The molecular formula is C25H36N2O2. The van der Waals surface area contributed by atoms with Crippen molar-refractivity contribution < 1.29 is 9.47 Å². The number of ether oxygens (including phenoxy) is 2. The van der Waals surface area contributed by atoms with Gasteiger partial charge in [0.05, 0.1) is 14.2 Å². The Kier molecular flexibility index (Phi) is 7.20. The second kappa shape index (κ2) is 9.64. The van der Waals surface area contributed by atoms with E-state index >= 15 is 0 Å². The van der Waals surface area contributed by atoms with Gasteiger partial charge in [-0.25, -0.2) is 0 Å². The molecule has 1 aliphatic heterocycles. The Hall–Kier alpha value is -2.04. The molecule has 0 bridgehead atoms. The lowest BCUT2D eigenvalue weighted by Gasteiger charge is -2.50. The average Bonchev–Trinajstić information content (AvgIpc) is 2.75. The zero-order valence-electron chi connectivity index (χ0n) is 18.6. The summed E-state index contributed by atoms with van der Waals surface area (Å²) in [5.74, 6) is 2.17. The standard InChI is InChI=1S/C25H36N2O2/c1-19-18-27(3)20(2)16-25(19,22-9-7-6-8-10-22)13-14-26-17-21-11-12-23(28-4)24(15-21)29-5/h6-12,15,19-20,26H,13-14,16-18H2,1-5H3/t19-,20-,25-/m0/s1. The Morgan fingerprint density at radius 3 is 2.45 bits per heavy atom. The highest BCUT2D eigenvalue weighted by Gasteiger charge is 2.43. The number of likely N-dealkylation sites (tertiary alicyclic amines) is 1. The van der Waals surface area contributed by atoms with Crippen LogP contribution in [0.2, 0.25) is 0 Å². The molecule has 3 atom stereocenters. The summed E-state index contributed by atoms with van der Waals surface area (Å²) < 4.78 is 10.8. The van der Waals surface area contributed by atoms with Crippen LogP contribution in [-0.4, -0.2) is 45.3 Å².